The Morgan fingerprint density at radius 1 is 1.10 bits per heavy atom. The van der Waals surface area contributed by atoms with Crippen LogP contribution in [-0.4, -0.2) is 11.4 Å². The summed E-state index contributed by atoms with van der Waals surface area (Å²) in [6, 6.07) is 17.2. The molecule has 0 unspecified atom stereocenters. The fraction of sp³-hybridized carbons (Fsp3) is 0.0625. The van der Waals surface area contributed by atoms with Crippen molar-refractivity contribution in [2.45, 2.75) is 0 Å². The lowest BCUT2D eigenvalue weighted by Crippen LogP contribution is -2.12. The molecule has 0 atom stereocenters. The van der Waals surface area contributed by atoms with Gasteiger partial charge >= 0.3 is 0 Å². The van der Waals surface area contributed by atoms with Gasteiger partial charge in [-0.25, -0.2) is 4.99 Å². The molecule has 0 aromatic heterocycles. The molecule has 0 aliphatic rings. The van der Waals surface area contributed by atoms with Crippen LogP contribution in [0.1, 0.15) is 5.56 Å². The highest BCUT2D eigenvalue weighted by molar-refractivity contribution is 8.13. The molecule has 0 amide bonds. The molecule has 0 aliphatic heterocycles. The van der Waals surface area contributed by atoms with Crippen molar-refractivity contribution in [1.82, 2.24) is 5.32 Å². The number of nitriles is 2. The number of thioether (sulfide) groups is 1. The van der Waals surface area contributed by atoms with Crippen LogP contribution in [0.15, 0.2) is 53.5 Å². The molecule has 5 heteroatoms. The standard InChI is InChI=1S/C16H12N4S/c1-21-16(19-11-18)20-15-4-2-3-14(9-15)13-7-5-12(10-17)6-8-13/h2-9H,1H3,(H,19,20). The summed E-state index contributed by atoms with van der Waals surface area (Å²) >= 11 is 1.38. The van der Waals surface area contributed by atoms with Gasteiger partial charge in [-0.05, 0) is 41.6 Å². The molecular formula is C16H12N4S. The molecule has 2 rings (SSSR count). The van der Waals surface area contributed by atoms with Crippen molar-refractivity contribution in [3.05, 3.63) is 54.1 Å². The molecule has 2 aromatic rings. The molecule has 0 saturated carbocycles. The quantitative estimate of drug-likeness (QED) is 0.397. The van der Waals surface area contributed by atoms with E-state index in [0.717, 1.165) is 16.8 Å². The number of nitrogens with zero attached hydrogens (tertiary/aromatic N) is 3. The van der Waals surface area contributed by atoms with Gasteiger partial charge in [0.05, 0.1) is 17.3 Å². The highest BCUT2D eigenvalue weighted by atomic mass is 32.2. The Labute approximate surface area is 127 Å². The number of hydrogen-bond acceptors (Lipinski definition) is 4. The van der Waals surface area contributed by atoms with E-state index < -0.39 is 0 Å². The van der Waals surface area contributed by atoms with E-state index in [1.807, 2.05) is 48.8 Å². The number of nitrogens with one attached hydrogen (secondary N) is 1. The third-order valence-electron chi connectivity index (χ3n) is 2.78. The Morgan fingerprint density at radius 2 is 1.86 bits per heavy atom. The maximum atomic E-state index is 8.82. The van der Waals surface area contributed by atoms with Gasteiger partial charge in [-0.2, -0.15) is 10.5 Å². The van der Waals surface area contributed by atoms with Crippen LogP contribution < -0.4 is 5.32 Å². The normalized spacial score (nSPS) is 10.5. The minimum Gasteiger partial charge on any atom is -0.271 e. The third kappa shape index (κ3) is 3.85. The van der Waals surface area contributed by atoms with Crippen molar-refractivity contribution in [3.63, 3.8) is 0 Å². The molecule has 4 nitrogen and oxygen atoms in total. The van der Waals surface area contributed by atoms with E-state index >= 15 is 0 Å². The van der Waals surface area contributed by atoms with Crippen molar-refractivity contribution < 1.29 is 0 Å². The van der Waals surface area contributed by atoms with Crippen LogP contribution in [-0.2, 0) is 0 Å². The van der Waals surface area contributed by atoms with Gasteiger partial charge in [0.1, 0.15) is 0 Å². The van der Waals surface area contributed by atoms with Gasteiger partial charge in [-0.15, -0.1) is 0 Å². The highest BCUT2D eigenvalue weighted by Crippen LogP contribution is 2.25. The van der Waals surface area contributed by atoms with Crippen LogP contribution in [0, 0.1) is 22.8 Å². The molecule has 0 heterocycles. The molecule has 0 radical (unpaired) electrons. The summed E-state index contributed by atoms with van der Waals surface area (Å²) in [6.07, 6.45) is 3.72. The number of rotatable bonds is 2. The smallest absolute Gasteiger partial charge is 0.183 e. The van der Waals surface area contributed by atoms with Crippen molar-refractivity contribution in [1.29, 1.82) is 10.5 Å². The zero-order valence-electron chi connectivity index (χ0n) is 11.4. The first-order valence-electron chi connectivity index (χ1n) is 6.15. The lowest BCUT2D eigenvalue weighted by atomic mass is 10.0. The van der Waals surface area contributed by atoms with E-state index in [0.29, 0.717) is 10.7 Å². The van der Waals surface area contributed by atoms with Gasteiger partial charge in [0.15, 0.2) is 11.4 Å². The van der Waals surface area contributed by atoms with Crippen LogP contribution in [0.2, 0.25) is 0 Å². The summed E-state index contributed by atoms with van der Waals surface area (Å²) in [7, 11) is 0. The van der Waals surface area contributed by atoms with Gasteiger partial charge in [0.2, 0.25) is 0 Å². The van der Waals surface area contributed by atoms with Gasteiger partial charge in [-0.1, -0.05) is 36.0 Å². The first kappa shape index (κ1) is 14.6. The maximum absolute atomic E-state index is 8.82. The molecule has 102 valence electrons. The Morgan fingerprint density at radius 3 is 2.48 bits per heavy atom. The van der Waals surface area contributed by atoms with Crippen molar-refractivity contribution >= 4 is 22.6 Å². The van der Waals surface area contributed by atoms with Gasteiger partial charge in [0.25, 0.3) is 0 Å². The number of benzene rings is 2. The second kappa shape index (κ2) is 7.14. The molecular weight excluding hydrogens is 280 g/mol. The Balaban J connectivity index is 2.33. The molecule has 1 N–H and O–H groups in total. The third-order valence-corrected chi connectivity index (χ3v) is 3.36. The number of aliphatic imine (C=N–C) groups is 1. The molecule has 2 aromatic carbocycles. The largest absolute Gasteiger partial charge is 0.271 e. The van der Waals surface area contributed by atoms with Crippen LogP contribution >= 0.6 is 11.8 Å². The van der Waals surface area contributed by atoms with E-state index in [-0.39, 0.29) is 0 Å². The lowest BCUT2D eigenvalue weighted by Gasteiger charge is -2.04. The molecule has 0 aliphatic carbocycles. The summed E-state index contributed by atoms with van der Waals surface area (Å²) in [5.41, 5.74) is 3.43. The summed E-state index contributed by atoms with van der Waals surface area (Å²) in [6.45, 7) is 0. The van der Waals surface area contributed by atoms with Crippen LogP contribution in [0.5, 0.6) is 0 Å². The van der Waals surface area contributed by atoms with Crippen LogP contribution in [0.4, 0.5) is 5.69 Å². The Kier molecular flexibility index (Phi) is 4.98. The first-order valence-corrected chi connectivity index (χ1v) is 7.37. The lowest BCUT2D eigenvalue weighted by molar-refractivity contribution is 1.28. The zero-order chi connectivity index (χ0) is 15.1. The zero-order valence-corrected chi connectivity index (χ0v) is 12.2. The minimum absolute atomic E-state index is 0.550. The van der Waals surface area contributed by atoms with E-state index in [1.54, 1.807) is 12.1 Å². The SMILES string of the molecule is CSC(=Nc1cccc(-c2ccc(C#N)cc2)c1)NC#N. The predicted molar refractivity (Wildman–Crippen MR) is 86.0 cm³/mol. The number of amidine groups is 1. The van der Waals surface area contributed by atoms with E-state index in [2.05, 4.69) is 16.4 Å². The molecule has 0 spiro atoms. The molecule has 0 fully saturated rings. The monoisotopic (exact) mass is 292 g/mol. The Bertz CT molecular complexity index is 736. The van der Waals surface area contributed by atoms with E-state index in [1.165, 1.54) is 11.8 Å². The summed E-state index contributed by atoms with van der Waals surface area (Å²) < 4.78 is 0. The van der Waals surface area contributed by atoms with E-state index in [4.69, 9.17) is 10.5 Å². The summed E-state index contributed by atoms with van der Waals surface area (Å²) in [5.74, 6) is 0. The maximum Gasteiger partial charge on any atom is 0.183 e. The van der Waals surface area contributed by atoms with Gasteiger partial charge in [0, 0.05) is 0 Å². The summed E-state index contributed by atoms with van der Waals surface area (Å²) in [4.78, 5) is 4.38. The summed E-state index contributed by atoms with van der Waals surface area (Å²) in [5, 5.41) is 20.6. The molecule has 21 heavy (non-hydrogen) atoms. The minimum atomic E-state index is 0.550. The first-order chi connectivity index (χ1) is 10.3. The molecule has 0 bridgehead atoms. The second-order valence-electron chi connectivity index (χ2n) is 4.10. The van der Waals surface area contributed by atoms with Gasteiger partial charge < -0.3 is 0 Å². The number of hydrogen-bond donors (Lipinski definition) is 1. The fourth-order valence-corrected chi connectivity index (χ4v) is 2.13. The molecule has 0 saturated heterocycles. The van der Waals surface area contributed by atoms with Crippen molar-refractivity contribution in [3.8, 4) is 23.4 Å². The van der Waals surface area contributed by atoms with Crippen LogP contribution in [0.25, 0.3) is 11.1 Å². The average molecular weight is 292 g/mol. The second-order valence-corrected chi connectivity index (χ2v) is 4.89. The van der Waals surface area contributed by atoms with Crippen molar-refractivity contribution in [2.75, 3.05) is 6.26 Å². The van der Waals surface area contributed by atoms with Crippen LogP contribution in [0.3, 0.4) is 0 Å². The Hall–Kier alpha value is -2.76. The topological polar surface area (TPSA) is 72.0 Å². The van der Waals surface area contributed by atoms with Gasteiger partial charge in [-0.3, -0.25) is 5.32 Å². The fourth-order valence-electron chi connectivity index (χ4n) is 1.78. The van der Waals surface area contributed by atoms with E-state index in [9.17, 15) is 0 Å². The highest BCUT2D eigenvalue weighted by Gasteiger charge is 2.01. The van der Waals surface area contributed by atoms with Crippen molar-refractivity contribution in [2.24, 2.45) is 4.99 Å². The average Bonchev–Trinajstić information content (AvgIpc) is 2.55. The predicted octanol–water partition coefficient (Wildman–Crippen LogP) is 3.65.